The van der Waals surface area contributed by atoms with Crippen molar-refractivity contribution >= 4 is 19.9 Å². The van der Waals surface area contributed by atoms with Crippen molar-refractivity contribution in [2.45, 2.75) is 51.4 Å². The van der Waals surface area contributed by atoms with E-state index < -0.39 is 14.4 Å². The summed E-state index contributed by atoms with van der Waals surface area (Å²) in [6.45, 7) is 10.7. The van der Waals surface area contributed by atoms with Gasteiger partial charge < -0.3 is 4.43 Å². The molecule has 0 aromatic heterocycles. The van der Waals surface area contributed by atoms with Crippen LogP contribution in [-0.2, 0) is 9.22 Å². The second-order valence-corrected chi connectivity index (χ2v) is 12.9. The van der Waals surface area contributed by atoms with Crippen molar-refractivity contribution in [3.8, 4) is 0 Å². The second-order valence-electron chi connectivity index (χ2n) is 8.10. The van der Waals surface area contributed by atoms with Gasteiger partial charge in [-0.3, -0.25) is 9.59 Å². The fourth-order valence-corrected chi connectivity index (χ4v) is 3.61. The maximum Gasteiger partial charge on any atom is 0.193 e. The average molecular weight is 369 g/mol. The van der Waals surface area contributed by atoms with Crippen LogP contribution in [0.25, 0.3) is 0 Å². The molecule has 138 valence electrons. The fraction of sp³-hybridized carbons (Fsp3) is 0.364. The standard InChI is InChI=1S/C22H28O3Si/c1-22(2,3)26(4,5)25-21(18-14-10-7-11-15-18)20(24)16-19(23)17-12-8-6-9-13-17/h6-15,21H,16H2,1-5H3/t21-/m1/s1. The molecule has 0 saturated heterocycles. The van der Waals surface area contributed by atoms with Gasteiger partial charge in [-0.1, -0.05) is 81.4 Å². The summed E-state index contributed by atoms with van der Waals surface area (Å²) in [6.07, 6.45) is -0.858. The highest BCUT2D eigenvalue weighted by Gasteiger charge is 2.41. The summed E-state index contributed by atoms with van der Waals surface area (Å²) in [7, 11) is -2.18. The molecule has 0 aliphatic heterocycles. The Labute approximate surface area is 157 Å². The molecule has 2 rings (SSSR count). The Morgan fingerprint density at radius 1 is 0.923 bits per heavy atom. The number of benzene rings is 2. The van der Waals surface area contributed by atoms with Gasteiger partial charge in [0.15, 0.2) is 19.9 Å². The molecule has 2 aromatic carbocycles. The SMILES string of the molecule is CC(C)(C)[Si](C)(C)O[C@@H](C(=O)CC(=O)c1ccccc1)c1ccccc1. The summed E-state index contributed by atoms with van der Waals surface area (Å²) in [5, 5.41) is -0.0241. The largest absolute Gasteiger partial charge is 0.403 e. The van der Waals surface area contributed by atoms with E-state index in [2.05, 4.69) is 33.9 Å². The molecule has 0 N–H and O–H groups in total. The van der Waals surface area contributed by atoms with E-state index in [1.807, 2.05) is 36.4 Å². The molecule has 0 saturated carbocycles. The van der Waals surface area contributed by atoms with Gasteiger partial charge in [-0.15, -0.1) is 0 Å². The monoisotopic (exact) mass is 368 g/mol. The Morgan fingerprint density at radius 3 is 1.92 bits per heavy atom. The van der Waals surface area contributed by atoms with Crippen LogP contribution < -0.4 is 0 Å². The predicted octanol–water partition coefficient (Wildman–Crippen LogP) is 5.59. The first-order valence-electron chi connectivity index (χ1n) is 8.95. The van der Waals surface area contributed by atoms with Crippen LogP contribution in [0.5, 0.6) is 0 Å². The van der Waals surface area contributed by atoms with Crippen LogP contribution in [0.4, 0.5) is 0 Å². The van der Waals surface area contributed by atoms with Crippen molar-refractivity contribution in [3.05, 3.63) is 71.8 Å². The lowest BCUT2D eigenvalue weighted by Gasteiger charge is -2.39. The molecule has 1 atom stereocenters. The van der Waals surface area contributed by atoms with Crippen molar-refractivity contribution in [3.63, 3.8) is 0 Å². The Hall–Kier alpha value is -2.04. The first-order chi connectivity index (χ1) is 12.1. The molecule has 0 unspecified atom stereocenters. The van der Waals surface area contributed by atoms with Gasteiger partial charge in [0.05, 0.1) is 6.42 Å². The maximum absolute atomic E-state index is 13.0. The lowest BCUT2D eigenvalue weighted by molar-refractivity contribution is -0.125. The molecule has 0 fully saturated rings. The van der Waals surface area contributed by atoms with E-state index in [1.165, 1.54) is 0 Å². The summed E-state index contributed by atoms with van der Waals surface area (Å²) < 4.78 is 6.42. The topological polar surface area (TPSA) is 43.4 Å². The number of carbonyl (C=O) groups excluding carboxylic acids is 2. The summed E-state index contributed by atoms with van der Waals surface area (Å²) in [5.74, 6) is -0.356. The van der Waals surface area contributed by atoms with Gasteiger partial charge in [-0.25, -0.2) is 0 Å². The number of Topliss-reactive ketones (excluding diaryl/α,β-unsaturated/α-hetero) is 2. The van der Waals surface area contributed by atoms with E-state index in [0.717, 1.165) is 5.56 Å². The van der Waals surface area contributed by atoms with Gasteiger partial charge in [0.1, 0.15) is 6.10 Å². The Bertz CT molecular complexity index is 746. The van der Waals surface area contributed by atoms with Crippen molar-refractivity contribution in [2.75, 3.05) is 0 Å². The lowest BCUT2D eigenvalue weighted by atomic mass is 9.99. The first kappa shape index (κ1) is 20.3. The summed E-state index contributed by atoms with van der Waals surface area (Å²) in [6, 6.07) is 18.4. The minimum atomic E-state index is -2.18. The lowest BCUT2D eigenvalue weighted by Crippen LogP contribution is -2.43. The van der Waals surface area contributed by atoms with Gasteiger partial charge >= 0.3 is 0 Å². The third-order valence-corrected chi connectivity index (χ3v) is 9.48. The quantitative estimate of drug-likeness (QED) is 0.363. The Balaban J connectivity index is 2.26. The van der Waals surface area contributed by atoms with Crippen LogP contribution >= 0.6 is 0 Å². The van der Waals surface area contributed by atoms with Crippen LogP contribution in [-0.4, -0.2) is 19.9 Å². The van der Waals surface area contributed by atoms with Crippen molar-refractivity contribution in [1.29, 1.82) is 0 Å². The minimum Gasteiger partial charge on any atom is -0.403 e. The van der Waals surface area contributed by atoms with Crippen LogP contribution in [0.2, 0.25) is 18.1 Å². The van der Waals surface area contributed by atoms with E-state index in [0.29, 0.717) is 5.56 Å². The highest BCUT2D eigenvalue weighted by atomic mass is 28.4. The van der Waals surface area contributed by atoms with E-state index >= 15 is 0 Å². The van der Waals surface area contributed by atoms with E-state index in [4.69, 9.17) is 4.43 Å². The molecule has 0 radical (unpaired) electrons. The molecule has 0 aliphatic carbocycles. The van der Waals surface area contributed by atoms with E-state index in [9.17, 15) is 9.59 Å². The smallest absolute Gasteiger partial charge is 0.193 e. The zero-order chi connectivity index (χ0) is 19.4. The second kappa shape index (κ2) is 8.10. The molecule has 4 heteroatoms. The normalized spacial score (nSPS) is 13.3. The number of carbonyl (C=O) groups is 2. The molecule has 3 nitrogen and oxygen atoms in total. The van der Waals surface area contributed by atoms with Crippen molar-refractivity contribution in [2.24, 2.45) is 0 Å². The zero-order valence-corrected chi connectivity index (χ0v) is 17.3. The van der Waals surface area contributed by atoms with Crippen LogP contribution in [0.1, 0.15) is 49.2 Å². The number of rotatable bonds is 7. The maximum atomic E-state index is 13.0. The molecule has 0 bridgehead atoms. The summed E-state index contributed by atoms with van der Waals surface area (Å²) in [5.41, 5.74) is 1.36. The molecular weight excluding hydrogens is 340 g/mol. The molecular formula is C22H28O3Si. The number of hydrogen-bond acceptors (Lipinski definition) is 3. The summed E-state index contributed by atoms with van der Waals surface area (Å²) in [4.78, 5) is 25.5. The highest BCUT2D eigenvalue weighted by molar-refractivity contribution is 6.74. The third kappa shape index (κ3) is 4.99. The van der Waals surface area contributed by atoms with Crippen LogP contribution in [0, 0.1) is 0 Å². The molecule has 0 amide bonds. The molecule has 0 heterocycles. The fourth-order valence-electron chi connectivity index (χ4n) is 2.40. The summed E-state index contributed by atoms with van der Waals surface area (Å²) >= 11 is 0. The third-order valence-electron chi connectivity index (χ3n) is 5.04. The average Bonchev–Trinajstić information content (AvgIpc) is 2.60. The van der Waals surface area contributed by atoms with E-state index in [1.54, 1.807) is 24.3 Å². The van der Waals surface area contributed by atoms with Crippen LogP contribution in [0.15, 0.2) is 60.7 Å². The van der Waals surface area contributed by atoms with Gasteiger partial charge in [0, 0.05) is 5.56 Å². The first-order valence-corrected chi connectivity index (χ1v) is 11.9. The van der Waals surface area contributed by atoms with Crippen LogP contribution in [0.3, 0.4) is 0 Å². The Kier molecular flexibility index (Phi) is 6.32. The molecule has 26 heavy (non-hydrogen) atoms. The minimum absolute atomic E-state index is 0.0241. The molecule has 0 aliphatic rings. The van der Waals surface area contributed by atoms with Gasteiger partial charge in [0.2, 0.25) is 0 Å². The zero-order valence-electron chi connectivity index (χ0n) is 16.3. The van der Waals surface area contributed by atoms with Gasteiger partial charge in [-0.05, 0) is 23.7 Å². The van der Waals surface area contributed by atoms with Crippen molar-refractivity contribution in [1.82, 2.24) is 0 Å². The Morgan fingerprint density at radius 2 is 1.42 bits per heavy atom. The molecule has 2 aromatic rings. The highest BCUT2D eigenvalue weighted by Crippen LogP contribution is 2.40. The predicted molar refractivity (Wildman–Crippen MR) is 108 cm³/mol. The van der Waals surface area contributed by atoms with E-state index in [-0.39, 0.29) is 23.0 Å². The number of hydrogen-bond donors (Lipinski definition) is 0. The van der Waals surface area contributed by atoms with Crippen molar-refractivity contribution < 1.29 is 14.0 Å². The van der Waals surface area contributed by atoms with Gasteiger partial charge in [0.25, 0.3) is 0 Å². The van der Waals surface area contributed by atoms with Gasteiger partial charge in [-0.2, -0.15) is 0 Å². The molecule has 0 spiro atoms. The number of ketones is 2.